The largest absolute Gasteiger partial charge is 0.338 e. The van der Waals surface area contributed by atoms with Gasteiger partial charge in [-0.2, -0.15) is 4.98 Å². The molecule has 0 saturated carbocycles. The topological polar surface area (TPSA) is 71.3 Å². The summed E-state index contributed by atoms with van der Waals surface area (Å²) < 4.78 is 6.40. The average Bonchev–Trinajstić information content (AvgIpc) is 3.19. The summed E-state index contributed by atoms with van der Waals surface area (Å²) in [5, 5.41) is 7.80. The van der Waals surface area contributed by atoms with Crippen molar-refractivity contribution < 1.29 is 9.32 Å². The Morgan fingerprint density at radius 3 is 2.80 bits per heavy atom. The zero-order valence-corrected chi connectivity index (χ0v) is 18.9. The van der Waals surface area contributed by atoms with Crippen LogP contribution in [0.3, 0.4) is 0 Å². The van der Waals surface area contributed by atoms with E-state index in [9.17, 15) is 4.79 Å². The fourth-order valence-electron chi connectivity index (χ4n) is 3.61. The van der Waals surface area contributed by atoms with Gasteiger partial charge in [0.05, 0.1) is 6.54 Å². The van der Waals surface area contributed by atoms with E-state index < -0.39 is 0 Å². The molecule has 8 heteroatoms. The summed E-state index contributed by atoms with van der Waals surface area (Å²) in [6.07, 6.45) is 1.59. The van der Waals surface area contributed by atoms with Gasteiger partial charge in [0.1, 0.15) is 0 Å². The van der Waals surface area contributed by atoms with E-state index in [-0.39, 0.29) is 11.8 Å². The molecule has 1 N–H and O–H groups in total. The minimum atomic E-state index is -0.00348. The lowest BCUT2D eigenvalue weighted by Crippen LogP contribution is -2.37. The number of hydrogen-bond acceptors (Lipinski definition) is 5. The number of aromatic nitrogens is 2. The second-order valence-electron chi connectivity index (χ2n) is 7.52. The number of carbonyl (C=O) groups is 1. The summed E-state index contributed by atoms with van der Waals surface area (Å²) in [6.45, 7) is 4.15. The van der Waals surface area contributed by atoms with Crippen LogP contribution < -0.4 is 5.32 Å². The maximum atomic E-state index is 12.7. The SMILES string of the molecule is Cc1cc(Cl)ccc1NC(=O)C1CCN(Cc2nc(-c3cccc(Br)c3)no2)CC1. The number of rotatable bonds is 5. The number of likely N-dealkylation sites (tertiary alicyclic amines) is 1. The number of piperidine rings is 1. The molecule has 0 bridgehead atoms. The second-order valence-corrected chi connectivity index (χ2v) is 8.87. The second kappa shape index (κ2) is 9.29. The van der Waals surface area contributed by atoms with Crippen LogP contribution in [0.1, 0.15) is 24.3 Å². The van der Waals surface area contributed by atoms with E-state index in [4.69, 9.17) is 16.1 Å². The Labute approximate surface area is 188 Å². The number of nitrogens with one attached hydrogen (secondary N) is 1. The maximum Gasteiger partial charge on any atom is 0.241 e. The molecular formula is C22H22BrClN4O2. The zero-order chi connectivity index (χ0) is 21.1. The maximum absolute atomic E-state index is 12.7. The number of nitrogens with zero attached hydrogens (tertiary/aromatic N) is 3. The van der Waals surface area contributed by atoms with Gasteiger partial charge >= 0.3 is 0 Å². The number of carbonyl (C=O) groups excluding carboxylic acids is 1. The van der Waals surface area contributed by atoms with Gasteiger partial charge in [-0.05, 0) is 68.8 Å². The van der Waals surface area contributed by atoms with Gasteiger partial charge < -0.3 is 9.84 Å². The smallest absolute Gasteiger partial charge is 0.241 e. The van der Waals surface area contributed by atoms with E-state index in [0.717, 1.165) is 47.2 Å². The molecule has 0 atom stereocenters. The number of aryl methyl sites for hydroxylation is 1. The third-order valence-corrected chi connectivity index (χ3v) is 6.04. The van der Waals surface area contributed by atoms with E-state index in [1.807, 2.05) is 43.3 Å². The van der Waals surface area contributed by atoms with Crippen molar-refractivity contribution in [3.05, 3.63) is 63.4 Å². The Morgan fingerprint density at radius 1 is 1.27 bits per heavy atom. The lowest BCUT2D eigenvalue weighted by atomic mass is 9.95. The molecule has 4 rings (SSSR count). The van der Waals surface area contributed by atoms with Gasteiger partial charge in [-0.1, -0.05) is 44.8 Å². The van der Waals surface area contributed by atoms with Crippen molar-refractivity contribution in [2.75, 3.05) is 18.4 Å². The molecule has 1 aromatic heterocycles. The van der Waals surface area contributed by atoms with E-state index in [1.54, 1.807) is 6.07 Å². The van der Waals surface area contributed by atoms with Gasteiger partial charge in [0.2, 0.25) is 17.6 Å². The van der Waals surface area contributed by atoms with Crippen molar-refractivity contribution >= 4 is 39.1 Å². The van der Waals surface area contributed by atoms with Gasteiger partial charge in [-0.25, -0.2) is 0 Å². The summed E-state index contributed by atoms with van der Waals surface area (Å²) >= 11 is 9.45. The van der Waals surface area contributed by atoms with Crippen molar-refractivity contribution in [1.82, 2.24) is 15.0 Å². The van der Waals surface area contributed by atoms with Gasteiger partial charge in [-0.15, -0.1) is 0 Å². The molecule has 2 aromatic carbocycles. The first-order chi connectivity index (χ1) is 14.5. The van der Waals surface area contributed by atoms with Gasteiger partial charge in [0.25, 0.3) is 0 Å². The first kappa shape index (κ1) is 21.0. The first-order valence-corrected chi connectivity index (χ1v) is 11.0. The highest BCUT2D eigenvalue weighted by molar-refractivity contribution is 9.10. The van der Waals surface area contributed by atoms with Gasteiger partial charge in [0, 0.05) is 26.7 Å². The quantitative estimate of drug-likeness (QED) is 0.526. The molecule has 6 nitrogen and oxygen atoms in total. The predicted molar refractivity (Wildman–Crippen MR) is 120 cm³/mol. The first-order valence-electron chi connectivity index (χ1n) is 9.86. The van der Waals surface area contributed by atoms with Crippen molar-refractivity contribution in [3.63, 3.8) is 0 Å². The molecule has 0 radical (unpaired) electrons. The van der Waals surface area contributed by atoms with Crippen molar-refractivity contribution in [3.8, 4) is 11.4 Å². The summed E-state index contributed by atoms with van der Waals surface area (Å²) in [5.74, 6) is 1.23. The van der Waals surface area contributed by atoms with Crippen molar-refractivity contribution in [2.24, 2.45) is 5.92 Å². The summed E-state index contributed by atoms with van der Waals surface area (Å²) in [4.78, 5) is 19.4. The summed E-state index contributed by atoms with van der Waals surface area (Å²) in [5.41, 5.74) is 2.69. The molecule has 156 valence electrons. The van der Waals surface area contributed by atoms with Crippen LogP contribution in [0.25, 0.3) is 11.4 Å². The van der Waals surface area contributed by atoms with Crippen LogP contribution in [0.15, 0.2) is 51.5 Å². The molecule has 1 aliphatic heterocycles. The molecule has 30 heavy (non-hydrogen) atoms. The standard InChI is InChI=1S/C22H22BrClN4O2/c1-14-11-18(24)5-6-19(14)25-22(29)15-7-9-28(10-8-15)13-20-26-21(27-30-20)16-3-2-4-17(23)12-16/h2-6,11-12,15H,7-10,13H2,1H3,(H,25,29). The van der Waals surface area contributed by atoms with Gasteiger partial charge in [0.15, 0.2) is 0 Å². The van der Waals surface area contributed by atoms with Crippen LogP contribution in [0.2, 0.25) is 5.02 Å². The van der Waals surface area contributed by atoms with Crippen LogP contribution in [0, 0.1) is 12.8 Å². The van der Waals surface area contributed by atoms with E-state index >= 15 is 0 Å². The van der Waals surface area contributed by atoms with Crippen LogP contribution in [0.5, 0.6) is 0 Å². The van der Waals surface area contributed by atoms with Crippen molar-refractivity contribution in [1.29, 1.82) is 0 Å². The molecule has 1 saturated heterocycles. The zero-order valence-electron chi connectivity index (χ0n) is 16.6. The number of hydrogen-bond donors (Lipinski definition) is 1. The van der Waals surface area contributed by atoms with Crippen LogP contribution >= 0.6 is 27.5 Å². The predicted octanol–water partition coefficient (Wildman–Crippen LogP) is 5.31. The highest BCUT2D eigenvalue weighted by Gasteiger charge is 2.26. The lowest BCUT2D eigenvalue weighted by molar-refractivity contribution is -0.121. The van der Waals surface area contributed by atoms with E-state index in [0.29, 0.717) is 23.3 Å². The molecule has 0 aliphatic carbocycles. The van der Waals surface area contributed by atoms with Crippen LogP contribution in [0.4, 0.5) is 5.69 Å². The third-order valence-electron chi connectivity index (χ3n) is 5.31. The van der Waals surface area contributed by atoms with Gasteiger partial charge in [-0.3, -0.25) is 9.69 Å². The Balaban J connectivity index is 1.30. The Kier molecular flexibility index (Phi) is 6.51. The molecule has 1 amide bonds. The summed E-state index contributed by atoms with van der Waals surface area (Å²) in [7, 11) is 0. The number of amides is 1. The Hall–Kier alpha value is -2.22. The molecular weight excluding hydrogens is 468 g/mol. The highest BCUT2D eigenvalue weighted by atomic mass is 79.9. The normalized spacial score (nSPS) is 15.3. The minimum absolute atomic E-state index is 0.00348. The molecule has 1 aliphatic rings. The Bertz CT molecular complexity index is 1050. The molecule has 0 spiro atoms. The fraction of sp³-hybridized carbons (Fsp3) is 0.318. The number of benzene rings is 2. The van der Waals surface area contributed by atoms with Crippen molar-refractivity contribution in [2.45, 2.75) is 26.3 Å². The van der Waals surface area contributed by atoms with E-state index in [1.165, 1.54) is 0 Å². The summed E-state index contributed by atoms with van der Waals surface area (Å²) in [6, 6.07) is 13.3. The van der Waals surface area contributed by atoms with E-state index in [2.05, 4.69) is 36.3 Å². The average molecular weight is 490 g/mol. The Morgan fingerprint density at radius 2 is 2.07 bits per heavy atom. The monoisotopic (exact) mass is 488 g/mol. The molecule has 0 unspecified atom stereocenters. The van der Waals surface area contributed by atoms with Crippen LogP contribution in [-0.2, 0) is 11.3 Å². The number of anilines is 1. The number of halogens is 2. The van der Waals surface area contributed by atoms with Crippen LogP contribution in [-0.4, -0.2) is 34.0 Å². The highest BCUT2D eigenvalue weighted by Crippen LogP contribution is 2.25. The molecule has 3 aromatic rings. The lowest BCUT2D eigenvalue weighted by Gasteiger charge is -2.30. The fourth-order valence-corrected chi connectivity index (χ4v) is 4.24. The third kappa shape index (κ3) is 5.09. The molecule has 1 fully saturated rings. The molecule has 2 heterocycles. The minimum Gasteiger partial charge on any atom is -0.338 e.